The number of ether oxygens (including phenoxy) is 3. The minimum absolute atomic E-state index is 0.0125. The molecule has 2 heterocycles. The molecular weight excluding hydrogens is 560 g/mol. The second-order valence-electron chi connectivity index (χ2n) is 16.2. The maximum Gasteiger partial charge on any atom is 0.314 e. The first-order chi connectivity index (χ1) is 20.6. The molecule has 3 saturated carbocycles. The average molecular weight is 615 g/mol. The van der Waals surface area contributed by atoms with Crippen LogP contribution in [0.3, 0.4) is 0 Å². The Morgan fingerprint density at radius 1 is 1.07 bits per heavy atom. The lowest BCUT2D eigenvalue weighted by Crippen LogP contribution is -2.66. The van der Waals surface area contributed by atoms with Crippen LogP contribution in [0.5, 0.6) is 0 Å². The van der Waals surface area contributed by atoms with Gasteiger partial charge in [0, 0.05) is 11.3 Å². The molecule has 1 spiro atoms. The van der Waals surface area contributed by atoms with Crippen LogP contribution in [0.1, 0.15) is 86.5 Å². The van der Waals surface area contributed by atoms with E-state index in [1.807, 2.05) is 6.92 Å². The van der Waals surface area contributed by atoms with E-state index in [0.29, 0.717) is 18.3 Å². The predicted octanol–water partition coefficient (Wildman–Crippen LogP) is 4.45. The maximum absolute atomic E-state index is 14.4. The van der Waals surface area contributed by atoms with Gasteiger partial charge in [-0.15, -0.1) is 0 Å². The Hall–Kier alpha value is -1.55. The first kappa shape index (κ1) is 32.4. The molecule has 0 unspecified atom stereocenters. The van der Waals surface area contributed by atoms with Crippen LogP contribution < -0.4 is 0 Å². The summed E-state index contributed by atoms with van der Waals surface area (Å²) in [7, 11) is 0. The van der Waals surface area contributed by atoms with Crippen molar-refractivity contribution in [3.63, 3.8) is 0 Å². The van der Waals surface area contributed by atoms with Gasteiger partial charge in [0.15, 0.2) is 6.29 Å². The Balaban J connectivity index is 1.29. The van der Waals surface area contributed by atoms with Crippen LogP contribution in [0, 0.1) is 45.3 Å². The van der Waals surface area contributed by atoms with E-state index in [1.54, 1.807) is 0 Å². The zero-order chi connectivity index (χ0) is 32.0. The fourth-order valence-electron chi connectivity index (χ4n) is 11.2. The molecule has 4 N–H and O–H groups in total. The second kappa shape index (κ2) is 10.7. The van der Waals surface area contributed by atoms with Crippen molar-refractivity contribution in [1.82, 2.24) is 0 Å². The number of hydrogen-bond acceptors (Lipinski definition) is 8. The highest BCUT2D eigenvalue weighted by Gasteiger charge is 2.79. The van der Waals surface area contributed by atoms with Gasteiger partial charge in [0.05, 0.1) is 18.1 Å². The van der Waals surface area contributed by atoms with Gasteiger partial charge in [0.25, 0.3) is 0 Å². The van der Waals surface area contributed by atoms with E-state index in [4.69, 9.17) is 14.2 Å². The summed E-state index contributed by atoms with van der Waals surface area (Å²) in [6.45, 7) is 17.0. The minimum atomic E-state index is -1.51. The standard InChI is InChI=1S/C36H54O8/c1-20(2)9-8-10-21(3)22-13-15-34(7)24-14-16-36-25(35(24,31(41)44-36)18-17-33(22,34)6)11-12-26(32(36,4)5)43-30-29(40)28(39)27(38)23(19-37)42-30/h8-9,14,16,21-30,37-40H,1,10-13,15,17-19H2,2-7H3/b9-8+/t21-,22-,23-,24+,25+,26+,27-,28+,29-,30+,33-,34+,35+,36-/m1/s1. The van der Waals surface area contributed by atoms with Crippen LogP contribution in [-0.4, -0.2) is 75.4 Å². The lowest BCUT2D eigenvalue weighted by Gasteiger charge is -2.63. The summed E-state index contributed by atoms with van der Waals surface area (Å²) >= 11 is 0. The number of fused-ring (bicyclic) bond motifs is 2. The van der Waals surface area contributed by atoms with Gasteiger partial charge in [-0.3, -0.25) is 4.79 Å². The normalized spacial score (nSPS) is 51.4. The fraction of sp³-hybridized carbons (Fsp3) is 0.806. The van der Waals surface area contributed by atoms with Gasteiger partial charge in [0.2, 0.25) is 0 Å². The van der Waals surface area contributed by atoms with Crippen molar-refractivity contribution in [2.45, 2.75) is 129 Å². The maximum atomic E-state index is 14.4. The first-order valence-corrected chi connectivity index (χ1v) is 16.8. The van der Waals surface area contributed by atoms with Gasteiger partial charge in [-0.1, -0.05) is 65.0 Å². The third-order valence-corrected chi connectivity index (χ3v) is 14.0. The van der Waals surface area contributed by atoms with Gasteiger partial charge in [0.1, 0.15) is 30.0 Å². The zero-order valence-electron chi connectivity index (χ0n) is 27.4. The van der Waals surface area contributed by atoms with Crippen molar-refractivity contribution >= 4 is 5.97 Å². The molecule has 2 bridgehead atoms. The van der Waals surface area contributed by atoms with E-state index in [9.17, 15) is 25.2 Å². The Kier molecular flexibility index (Phi) is 7.91. The highest BCUT2D eigenvalue weighted by atomic mass is 16.7. The molecule has 246 valence electrons. The smallest absolute Gasteiger partial charge is 0.314 e. The molecule has 0 radical (unpaired) electrons. The van der Waals surface area contributed by atoms with E-state index in [2.05, 4.69) is 65.5 Å². The SMILES string of the molecule is C=C(C)/C=C/C[C@@H](C)[C@H]1CC[C@@]2(C)[C@@H]3C=C[C@@]45OC(=O)[C@]3(CC[C@]12C)[C@@H]4CC[C@H](O[C@@H]1O[C@H](CO)[C@@H](O)[C@H](O)[C@H]1O)C5(C)C. The molecular formula is C36H54O8. The molecule has 2 aliphatic heterocycles. The van der Waals surface area contributed by atoms with E-state index in [1.165, 1.54) is 6.42 Å². The Morgan fingerprint density at radius 2 is 1.80 bits per heavy atom. The lowest BCUT2D eigenvalue weighted by atomic mass is 9.38. The summed E-state index contributed by atoms with van der Waals surface area (Å²) in [6, 6.07) is 0. The van der Waals surface area contributed by atoms with Gasteiger partial charge in [-0.05, 0) is 86.5 Å². The number of carbonyl (C=O) groups is 1. The topological polar surface area (TPSA) is 126 Å². The van der Waals surface area contributed by atoms with Crippen molar-refractivity contribution in [3.8, 4) is 0 Å². The van der Waals surface area contributed by atoms with Crippen molar-refractivity contribution in [2.24, 2.45) is 45.3 Å². The summed E-state index contributed by atoms with van der Waals surface area (Å²) in [6.07, 6.45) is 8.21. The largest absolute Gasteiger partial charge is 0.453 e. The second-order valence-corrected chi connectivity index (χ2v) is 16.2. The number of allylic oxidation sites excluding steroid dienone is 4. The molecule has 14 atom stereocenters. The summed E-state index contributed by atoms with van der Waals surface area (Å²) in [4.78, 5) is 14.4. The Bertz CT molecular complexity index is 1220. The molecule has 0 amide bonds. The van der Waals surface area contributed by atoms with E-state index in [-0.39, 0.29) is 28.6 Å². The van der Waals surface area contributed by atoms with Crippen LogP contribution in [0.2, 0.25) is 0 Å². The Morgan fingerprint density at radius 3 is 2.48 bits per heavy atom. The summed E-state index contributed by atoms with van der Waals surface area (Å²) < 4.78 is 18.7. The number of esters is 1. The van der Waals surface area contributed by atoms with E-state index in [0.717, 1.165) is 37.7 Å². The van der Waals surface area contributed by atoms with Crippen molar-refractivity contribution in [2.75, 3.05) is 6.61 Å². The molecule has 4 aliphatic carbocycles. The first-order valence-electron chi connectivity index (χ1n) is 16.8. The number of carbonyl (C=O) groups excluding carboxylic acids is 1. The van der Waals surface area contributed by atoms with E-state index < -0.39 is 59.8 Å². The molecule has 0 aromatic heterocycles. The lowest BCUT2D eigenvalue weighted by molar-refractivity contribution is -0.329. The Labute approximate surface area is 262 Å². The number of hydrogen-bond donors (Lipinski definition) is 4. The van der Waals surface area contributed by atoms with Crippen molar-refractivity contribution in [1.29, 1.82) is 0 Å². The number of rotatable bonds is 7. The molecule has 44 heavy (non-hydrogen) atoms. The molecule has 8 heteroatoms. The molecule has 0 aromatic rings. The highest BCUT2D eigenvalue weighted by molar-refractivity contribution is 5.83. The van der Waals surface area contributed by atoms with Crippen LogP contribution in [0.25, 0.3) is 0 Å². The van der Waals surface area contributed by atoms with E-state index >= 15 is 0 Å². The summed E-state index contributed by atoms with van der Waals surface area (Å²) in [5.41, 5.74) is -0.939. The molecule has 6 aliphatic rings. The predicted molar refractivity (Wildman–Crippen MR) is 165 cm³/mol. The highest BCUT2D eigenvalue weighted by Crippen LogP contribution is 2.78. The molecule has 2 saturated heterocycles. The minimum Gasteiger partial charge on any atom is -0.453 e. The van der Waals surface area contributed by atoms with Crippen LogP contribution >= 0.6 is 0 Å². The third-order valence-electron chi connectivity index (χ3n) is 14.0. The third kappa shape index (κ3) is 4.13. The van der Waals surface area contributed by atoms with Crippen LogP contribution in [0.15, 0.2) is 36.5 Å². The zero-order valence-corrected chi connectivity index (χ0v) is 27.4. The average Bonchev–Trinajstić information content (AvgIpc) is 3.33. The van der Waals surface area contributed by atoms with Gasteiger partial charge >= 0.3 is 5.97 Å². The molecule has 6 rings (SSSR count). The fourth-order valence-corrected chi connectivity index (χ4v) is 11.2. The summed E-state index contributed by atoms with van der Waals surface area (Å²) in [5.74, 6) is 1.16. The van der Waals surface area contributed by atoms with Gasteiger partial charge in [-0.2, -0.15) is 0 Å². The van der Waals surface area contributed by atoms with Gasteiger partial charge in [-0.25, -0.2) is 0 Å². The van der Waals surface area contributed by atoms with Crippen LogP contribution in [-0.2, 0) is 19.0 Å². The van der Waals surface area contributed by atoms with Crippen molar-refractivity contribution in [3.05, 3.63) is 36.5 Å². The van der Waals surface area contributed by atoms with Crippen LogP contribution in [0.4, 0.5) is 0 Å². The number of aliphatic hydroxyl groups excluding tert-OH is 4. The quantitative estimate of drug-likeness (QED) is 0.188. The number of aliphatic hydroxyl groups is 4. The van der Waals surface area contributed by atoms with Gasteiger partial charge < -0.3 is 34.6 Å². The van der Waals surface area contributed by atoms with Crippen molar-refractivity contribution < 1.29 is 39.4 Å². The molecule has 0 aromatic carbocycles. The molecule has 5 fully saturated rings. The monoisotopic (exact) mass is 614 g/mol. The molecule has 8 nitrogen and oxygen atoms in total. The summed E-state index contributed by atoms with van der Waals surface area (Å²) in [5, 5.41) is 41.0.